The lowest BCUT2D eigenvalue weighted by Crippen LogP contribution is -2.34. The van der Waals surface area contributed by atoms with Crippen molar-refractivity contribution < 1.29 is 9.53 Å². The lowest BCUT2D eigenvalue weighted by Gasteiger charge is -2.24. The second kappa shape index (κ2) is 6.27. The first-order chi connectivity index (χ1) is 9.52. The van der Waals surface area contributed by atoms with Crippen LogP contribution in [0.3, 0.4) is 0 Å². The topological polar surface area (TPSA) is 64.3 Å². The highest BCUT2D eigenvalue weighted by Crippen LogP contribution is 2.26. The maximum Gasteiger partial charge on any atom is 0.251 e. The quantitative estimate of drug-likeness (QED) is 0.836. The highest BCUT2D eigenvalue weighted by atomic mass is 16.5. The number of fused-ring (bicyclic) bond motifs is 1. The van der Waals surface area contributed by atoms with Gasteiger partial charge in [0.2, 0.25) is 0 Å². The number of ether oxygens (including phenoxy) is 1. The van der Waals surface area contributed by atoms with Crippen LogP contribution >= 0.6 is 0 Å². The van der Waals surface area contributed by atoms with Crippen molar-refractivity contribution in [1.29, 1.82) is 0 Å². The van der Waals surface area contributed by atoms with Gasteiger partial charge in [0.05, 0.1) is 6.61 Å². The molecule has 3 N–H and O–H groups in total. The Morgan fingerprint density at radius 3 is 3.00 bits per heavy atom. The fraction of sp³-hybridized carbons (Fsp3) is 0.562. The third-order valence-corrected chi connectivity index (χ3v) is 3.74. The van der Waals surface area contributed by atoms with Crippen LogP contribution in [0.1, 0.15) is 42.6 Å². The summed E-state index contributed by atoms with van der Waals surface area (Å²) < 4.78 is 5.45. The van der Waals surface area contributed by atoms with Gasteiger partial charge in [-0.1, -0.05) is 13.8 Å². The predicted molar refractivity (Wildman–Crippen MR) is 80.0 cm³/mol. The normalized spacial score (nSPS) is 13.8. The van der Waals surface area contributed by atoms with Crippen LogP contribution in [0.15, 0.2) is 18.2 Å². The van der Waals surface area contributed by atoms with Crippen LogP contribution in [-0.4, -0.2) is 25.6 Å². The van der Waals surface area contributed by atoms with Gasteiger partial charge in [-0.2, -0.15) is 0 Å². The zero-order valence-corrected chi connectivity index (χ0v) is 12.4. The molecule has 1 amide bonds. The number of carbonyl (C=O) groups is 1. The Morgan fingerprint density at radius 1 is 1.45 bits per heavy atom. The van der Waals surface area contributed by atoms with E-state index in [1.807, 2.05) is 18.2 Å². The summed E-state index contributed by atoms with van der Waals surface area (Å²) in [7, 11) is 0. The molecule has 4 nitrogen and oxygen atoms in total. The average molecular weight is 276 g/mol. The molecule has 0 aromatic heterocycles. The Kier molecular flexibility index (Phi) is 4.65. The van der Waals surface area contributed by atoms with Gasteiger partial charge in [-0.25, -0.2) is 0 Å². The first kappa shape index (κ1) is 14.9. The summed E-state index contributed by atoms with van der Waals surface area (Å²) in [4.78, 5) is 12.2. The van der Waals surface area contributed by atoms with Gasteiger partial charge in [-0.3, -0.25) is 4.79 Å². The summed E-state index contributed by atoms with van der Waals surface area (Å²) in [6, 6.07) is 5.65. The van der Waals surface area contributed by atoms with Gasteiger partial charge in [0.1, 0.15) is 5.75 Å². The molecule has 1 aliphatic rings. The highest BCUT2D eigenvalue weighted by molar-refractivity contribution is 5.94. The Balaban J connectivity index is 1.92. The summed E-state index contributed by atoms with van der Waals surface area (Å²) in [5.41, 5.74) is 7.45. The molecule has 4 heteroatoms. The number of amides is 1. The number of carbonyl (C=O) groups excluding carboxylic acids is 1. The van der Waals surface area contributed by atoms with Gasteiger partial charge in [-0.05, 0) is 48.6 Å². The third-order valence-electron chi connectivity index (χ3n) is 3.74. The molecule has 0 unspecified atom stereocenters. The summed E-state index contributed by atoms with van der Waals surface area (Å²) in [6.07, 6.45) is 2.89. The van der Waals surface area contributed by atoms with E-state index in [1.165, 1.54) is 0 Å². The largest absolute Gasteiger partial charge is 0.493 e. The molecule has 110 valence electrons. The first-order valence-corrected chi connectivity index (χ1v) is 7.26. The summed E-state index contributed by atoms with van der Waals surface area (Å²) in [6.45, 7) is 6.38. The second-order valence-corrected chi connectivity index (χ2v) is 6.16. The van der Waals surface area contributed by atoms with E-state index in [-0.39, 0.29) is 11.3 Å². The number of benzene rings is 1. The summed E-state index contributed by atoms with van der Waals surface area (Å²) >= 11 is 0. The molecule has 0 spiro atoms. The van der Waals surface area contributed by atoms with Crippen molar-refractivity contribution in [3.05, 3.63) is 29.3 Å². The van der Waals surface area contributed by atoms with Gasteiger partial charge >= 0.3 is 0 Å². The smallest absolute Gasteiger partial charge is 0.251 e. The van der Waals surface area contributed by atoms with E-state index in [4.69, 9.17) is 10.5 Å². The Morgan fingerprint density at radius 2 is 2.25 bits per heavy atom. The molecule has 1 aliphatic heterocycles. The Labute approximate surface area is 120 Å². The highest BCUT2D eigenvalue weighted by Gasteiger charge is 2.20. The maximum absolute atomic E-state index is 12.2. The molecule has 1 heterocycles. The van der Waals surface area contributed by atoms with Crippen LogP contribution in [0, 0.1) is 5.41 Å². The maximum atomic E-state index is 12.2. The van der Waals surface area contributed by atoms with Crippen LogP contribution in [0.2, 0.25) is 0 Å². The van der Waals surface area contributed by atoms with E-state index in [1.54, 1.807) is 0 Å². The van der Waals surface area contributed by atoms with Crippen molar-refractivity contribution in [2.45, 2.75) is 33.1 Å². The van der Waals surface area contributed by atoms with Crippen molar-refractivity contribution in [1.82, 2.24) is 5.32 Å². The standard InChI is InChI=1S/C16H24N2O2/c1-16(2,7-3-8-17)11-18-15(19)13-4-5-14-12(10-13)6-9-20-14/h4-5,10H,3,6-9,11,17H2,1-2H3,(H,18,19). The molecule has 2 rings (SSSR count). The van der Waals surface area contributed by atoms with E-state index in [0.29, 0.717) is 25.3 Å². The van der Waals surface area contributed by atoms with Gasteiger partial charge in [0.25, 0.3) is 5.91 Å². The average Bonchev–Trinajstić information content (AvgIpc) is 2.90. The number of nitrogens with two attached hydrogens (primary N) is 1. The minimum absolute atomic E-state index is 0.0134. The molecular formula is C16H24N2O2. The van der Waals surface area contributed by atoms with Gasteiger partial charge in [0, 0.05) is 18.5 Å². The van der Waals surface area contributed by atoms with Gasteiger partial charge < -0.3 is 15.8 Å². The Bertz CT molecular complexity index is 483. The number of rotatable bonds is 6. The van der Waals surface area contributed by atoms with Crippen LogP contribution in [0.5, 0.6) is 5.75 Å². The number of hydrogen-bond acceptors (Lipinski definition) is 3. The van der Waals surface area contributed by atoms with E-state index in [0.717, 1.165) is 30.6 Å². The lowest BCUT2D eigenvalue weighted by molar-refractivity contribution is 0.0934. The van der Waals surface area contributed by atoms with Crippen LogP contribution in [0.4, 0.5) is 0 Å². The molecule has 0 atom stereocenters. The van der Waals surface area contributed by atoms with Crippen LogP contribution in [0.25, 0.3) is 0 Å². The monoisotopic (exact) mass is 276 g/mol. The lowest BCUT2D eigenvalue weighted by atomic mass is 9.87. The van der Waals surface area contributed by atoms with Crippen LogP contribution in [-0.2, 0) is 6.42 Å². The number of nitrogens with one attached hydrogen (secondary N) is 1. The molecule has 0 saturated carbocycles. The second-order valence-electron chi connectivity index (χ2n) is 6.16. The molecule has 0 fully saturated rings. The zero-order valence-electron chi connectivity index (χ0n) is 12.4. The molecule has 0 radical (unpaired) electrons. The van der Waals surface area contributed by atoms with E-state index >= 15 is 0 Å². The SMILES string of the molecule is CC(C)(CCCN)CNC(=O)c1ccc2c(c1)CCO2. The van der Waals surface area contributed by atoms with E-state index in [2.05, 4.69) is 19.2 Å². The molecule has 1 aromatic rings. The Hall–Kier alpha value is -1.55. The molecule has 20 heavy (non-hydrogen) atoms. The predicted octanol–water partition coefficient (Wildman–Crippen LogP) is 2.12. The molecule has 0 aliphatic carbocycles. The van der Waals surface area contributed by atoms with Crippen molar-refractivity contribution >= 4 is 5.91 Å². The third kappa shape index (κ3) is 3.73. The minimum atomic E-state index is -0.0134. The van der Waals surface area contributed by atoms with Crippen molar-refractivity contribution in [2.24, 2.45) is 11.1 Å². The van der Waals surface area contributed by atoms with Gasteiger partial charge in [0.15, 0.2) is 0 Å². The fourth-order valence-electron chi connectivity index (χ4n) is 2.42. The fourth-order valence-corrected chi connectivity index (χ4v) is 2.42. The zero-order chi connectivity index (χ0) is 14.6. The molecule has 1 aromatic carbocycles. The molecule has 0 saturated heterocycles. The number of hydrogen-bond donors (Lipinski definition) is 2. The summed E-state index contributed by atoms with van der Waals surface area (Å²) in [5.74, 6) is 0.894. The van der Waals surface area contributed by atoms with Crippen molar-refractivity contribution in [3.63, 3.8) is 0 Å². The van der Waals surface area contributed by atoms with Gasteiger partial charge in [-0.15, -0.1) is 0 Å². The van der Waals surface area contributed by atoms with E-state index < -0.39 is 0 Å². The minimum Gasteiger partial charge on any atom is -0.493 e. The molecular weight excluding hydrogens is 252 g/mol. The summed E-state index contributed by atoms with van der Waals surface area (Å²) in [5, 5.41) is 3.02. The van der Waals surface area contributed by atoms with Crippen molar-refractivity contribution in [3.8, 4) is 5.75 Å². The molecule has 0 bridgehead atoms. The van der Waals surface area contributed by atoms with E-state index in [9.17, 15) is 4.79 Å². The van der Waals surface area contributed by atoms with Crippen LogP contribution < -0.4 is 15.8 Å². The first-order valence-electron chi connectivity index (χ1n) is 7.26. The van der Waals surface area contributed by atoms with Crippen molar-refractivity contribution in [2.75, 3.05) is 19.7 Å².